The van der Waals surface area contributed by atoms with Crippen LogP contribution in [0.5, 0.6) is 5.75 Å². The van der Waals surface area contributed by atoms with Gasteiger partial charge in [-0.25, -0.2) is 14.7 Å². The molecule has 0 bridgehead atoms. The highest BCUT2D eigenvalue weighted by atomic mass is 16.5. The predicted molar refractivity (Wildman–Crippen MR) is 68.7 cm³/mol. The van der Waals surface area contributed by atoms with Gasteiger partial charge in [0.1, 0.15) is 11.3 Å². The van der Waals surface area contributed by atoms with Crippen LogP contribution in [0, 0.1) is 0 Å². The summed E-state index contributed by atoms with van der Waals surface area (Å²) in [4.78, 5) is 35.2. The van der Waals surface area contributed by atoms with Gasteiger partial charge in [-0.2, -0.15) is 0 Å². The molecule has 0 saturated heterocycles. The molecule has 9 heteroatoms. The van der Waals surface area contributed by atoms with Crippen LogP contribution in [0.4, 0.5) is 11.5 Å². The topological polar surface area (TPSA) is 137 Å². The van der Waals surface area contributed by atoms with Crippen molar-refractivity contribution < 1.29 is 14.6 Å². The average Bonchev–Trinajstić information content (AvgIpc) is 2.41. The molecule has 2 rings (SSSR count). The zero-order valence-electron chi connectivity index (χ0n) is 10.3. The molecule has 0 unspecified atom stereocenters. The van der Waals surface area contributed by atoms with Crippen LogP contribution in [-0.4, -0.2) is 33.4 Å². The first-order valence-electron chi connectivity index (χ1n) is 5.38. The summed E-state index contributed by atoms with van der Waals surface area (Å²) >= 11 is 0. The van der Waals surface area contributed by atoms with Gasteiger partial charge in [-0.15, -0.1) is 5.10 Å². The smallest absolute Gasteiger partial charge is 0.342 e. The van der Waals surface area contributed by atoms with Crippen molar-refractivity contribution in [3.05, 3.63) is 44.6 Å². The van der Waals surface area contributed by atoms with E-state index in [1.54, 1.807) is 0 Å². The molecule has 0 saturated carbocycles. The summed E-state index contributed by atoms with van der Waals surface area (Å²) in [5, 5.41) is 17.2. The molecule has 0 radical (unpaired) electrons. The minimum Gasteiger partial charge on any atom is -0.496 e. The largest absolute Gasteiger partial charge is 0.496 e. The van der Waals surface area contributed by atoms with E-state index in [1.807, 2.05) is 4.98 Å². The Kier molecular flexibility index (Phi) is 3.51. The highest BCUT2D eigenvalue weighted by Gasteiger charge is 2.12. The van der Waals surface area contributed by atoms with Gasteiger partial charge in [0.2, 0.25) is 5.82 Å². The maximum Gasteiger partial charge on any atom is 0.342 e. The molecular weight excluding hydrogens is 268 g/mol. The Bertz CT molecular complexity index is 764. The number of methoxy groups -OCH3 is 1. The zero-order chi connectivity index (χ0) is 14.7. The molecule has 0 amide bonds. The minimum atomic E-state index is -1.13. The number of ether oxygens (including phenoxy) is 1. The van der Waals surface area contributed by atoms with E-state index < -0.39 is 17.2 Å². The number of rotatable bonds is 4. The monoisotopic (exact) mass is 278 g/mol. The van der Waals surface area contributed by atoms with Gasteiger partial charge in [0.15, 0.2) is 0 Å². The number of nitrogens with one attached hydrogen (secondary N) is 3. The van der Waals surface area contributed by atoms with Gasteiger partial charge in [-0.05, 0) is 12.1 Å². The van der Waals surface area contributed by atoms with Crippen LogP contribution in [0.2, 0.25) is 0 Å². The number of anilines is 2. The fraction of sp³-hybridized carbons (Fsp3) is 0.0909. The third kappa shape index (κ3) is 2.66. The summed E-state index contributed by atoms with van der Waals surface area (Å²) in [6.45, 7) is 0. The highest BCUT2D eigenvalue weighted by Crippen LogP contribution is 2.24. The lowest BCUT2D eigenvalue weighted by Crippen LogP contribution is -2.25. The number of nitrogens with zero attached hydrogens (tertiary/aromatic N) is 1. The Labute approximate surface area is 111 Å². The van der Waals surface area contributed by atoms with E-state index in [0.29, 0.717) is 5.69 Å². The molecule has 0 atom stereocenters. The summed E-state index contributed by atoms with van der Waals surface area (Å²) in [6, 6.07) is 4.16. The molecule has 1 aromatic heterocycles. The molecule has 0 aliphatic rings. The maximum absolute atomic E-state index is 11.4. The van der Waals surface area contributed by atoms with E-state index >= 15 is 0 Å². The molecule has 104 valence electrons. The van der Waals surface area contributed by atoms with Crippen LogP contribution < -0.4 is 21.3 Å². The van der Waals surface area contributed by atoms with Crippen LogP contribution in [-0.2, 0) is 0 Å². The number of carboxylic acids is 1. The summed E-state index contributed by atoms with van der Waals surface area (Å²) in [7, 11) is 1.33. The molecule has 1 heterocycles. The lowest BCUT2D eigenvalue weighted by Gasteiger charge is -2.08. The first-order chi connectivity index (χ1) is 9.51. The maximum atomic E-state index is 11.4. The number of carboxylic acid groups (broad SMARTS) is 1. The molecule has 0 spiro atoms. The second-order valence-electron chi connectivity index (χ2n) is 3.70. The first-order valence-corrected chi connectivity index (χ1v) is 5.38. The molecule has 4 N–H and O–H groups in total. The van der Waals surface area contributed by atoms with Crippen molar-refractivity contribution in [3.8, 4) is 5.75 Å². The number of H-pyrrole nitrogens is 2. The lowest BCUT2D eigenvalue weighted by molar-refractivity contribution is 0.0693. The van der Waals surface area contributed by atoms with Gasteiger partial charge in [-0.1, -0.05) is 0 Å². The fourth-order valence-electron chi connectivity index (χ4n) is 1.51. The standard InChI is InChI=1S/C11H10N4O5/c1-20-7-4-5(2-3-6(7)10(17)18)12-8-9(16)13-11(19)15-14-8/h2-4H,1H3,(H,12,14)(H,17,18)(H2,13,15,16,19). The Balaban J connectivity index is 2.37. The number of aromatic amines is 2. The number of hydrogen-bond donors (Lipinski definition) is 4. The Morgan fingerprint density at radius 3 is 2.75 bits per heavy atom. The molecule has 1 aromatic carbocycles. The van der Waals surface area contributed by atoms with Crippen LogP contribution >= 0.6 is 0 Å². The van der Waals surface area contributed by atoms with Gasteiger partial charge >= 0.3 is 11.7 Å². The Hall–Kier alpha value is -3.10. The van der Waals surface area contributed by atoms with E-state index in [0.717, 1.165) is 0 Å². The Morgan fingerprint density at radius 2 is 2.15 bits per heavy atom. The average molecular weight is 278 g/mol. The number of hydrogen-bond acceptors (Lipinski definition) is 6. The van der Waals surface area contributed by atoms with Crippen molar-refractivity contribution in [1.82, 2.24) is 15.2 Å². The van der Waals surface area contributed by atoms with Gasteiger partial charge in [0, 0.05) is 11.8 Å². The molecule has 0 fully saturated rings. The molecule has 0 aliphatic carbocycles. The Morgan fingerprint density at radius 1 is 1.40 bits per heavy atom. The van der Waals surface area contributed by atoms with Gasteiger partial charge in [-0.3, -0.25) is 9.78 Å². The molecule has 0 aliphatic heterocycles. The van der Waals surface area contributed by atoms with Crippen LogP contribution in [0.3, 0.4) is 0 Å². The van der Waals surface area contributed by atoms with Crippen molar-refractivity contribution in [2.45, 2.75) is 0 Å². The minimum absolute atomic E-state index is 0.0126. The van der Waals surface area contributed by atoms with Crippen molar-refractivity contribution >= 4 is 17.5 Å². The summed E-state index contributed by atoms with van der Waals surface area (Å²) in [5.74, 6) is -1.13. The van der Waals surface area contributed by atoms with E-state index in [1.165, 1.54) is 25.3 Å². The molecular formula is C11H10N4O5. The predicted octanol–water partition coefficient (Wildman–Crippen LogP) is -0.0914. The van der Waals surface area contributed by atoms with Crippen LogP contribution in [0.15, 0.2) is 27.8 Å². The van der Waals surface area contributed by atoms with Gasteiger partial charge < -0.3 is 15.2 Å². The molecule has 20 heavy (non-hydrogen) atoms. The number of benzene rings is 1. The number of aromatic nitrogens is 3. The zero-order valence-corrected chi connectivity index (χ0v) is 10.3. The first kappa shape index (κ1) is 13.3. The van der Waals surface area contributed by atoms with Gasteiger partial charge in [0.05, 0.1) is 7.11 Å². The summed E-state index contributed by atoms with van der Waals surface area (Å²) in [6.07, 6.45) is 0. The van der Waals surface area contributed by atoms with Crippen molar-refractivity contribution in [3.63, 3.8) is 0 Å². The number of aromatic carboxylic acids is 1. The second-order valence-corrected chi connectivity index (χ2v) is 3.70. The van der Waals surface area contributed by atoms with Crippen LogP contribution in [0.25, 0.3) is 0 Å². The highest BCUT2D eigenvalue weighted by molar-refractivity contribution is 5.91. The van der Waals surface area contributed by atoms with Crippen molar-refractivity contribution in [2.75, 3.05) is 12.4 Å². The van der Waals surface area contributed by atoms with Crippen LogP contribution in [0.1, 0.15) is 10.4 Å². The summed E-state index contributed by atoms with van der Waals surface area (Å²) < 4.78 is 4.95. The molecule has 9 nitrogen and oxygen atoms in total. The normalized spacial score (nSPS) is 10.1. The van der Waals surface area contributed by atoms with E-state index in [-0.39, 0.29) is 17.1 Å². The third-order valence-electron chi connectivity index (χ3n) is 2.41. The quantitative estimate of drug-likeness (QED) is 0.613. The molecule has 2 aromatic rings. The SMILES string of the molecule is COc1cc(Nc2n[nH]c(=O)[nH]c2=O)ccc1C(=O)O. The van der Waals surface area contributed by atoms with E-state index in [4.69, 9.17) is 9.84 Å². The van der Waals surface area contributed by atoms with Crippen molar-refractivity contribution in [1.29, 1.82) is 0 Å². The fourth-order valence-corrected chi connectivity index (χ4v) is 1.51. The summed E-state index contributed by atoms with van der Waals surface area (Å²) in [5.41, 5.74) is -1.05. The van der Waals surface area contributed by atoms with Crippen molar-refractivity contribution in [2.24, 2.45) is 0 Å². The second kappa shape index (κ2) is 5.26. The number of carbonyl (C=O) groups is 1. The third-order valence-corrected chi connectivity index (χ3v) is 2.41. The van der Waals surface area contributed by atoms with Gasteiger partial charge in [0.25, 0.3) is 5.56 Å². The van der Waals surface area contributed by atoms with E-state index in [9.17, 15) is 14.4 Å². The van der Waals surface area contributed by atoms with E-state index in [2.05, 4.69) is 15.5 Å². The lowest BCUT2D eigenvalue weighted by atomic mass is 10.2.